The van der Waals surface area contributed by atoms with Crippen LogP contribution in [-0.2, 0) is 4.79 Å². The van der Waals surface area contributed by atoms with E-state index in [9.17, 15) is 4.79 Å². The van der Waals surface area contributed by atoms with Crippen LogP contribution < -0.4 is 10.6 Å². The number of hydrogen-bond acceptors (Lipinski definition) is 3. The van der Waals surface area contributed by atoms with Crippen molar-refractivity contribution in [3.8, 4) is 0 Å². The second-order valence-electron chi connectivity index (χ2n) is 6.37. The first-order valence-electron chi connectivity index (χ1n) is 8.33. The van der Waals surface area contributed by atoms with Gasteiger partial charge in [0.2, 0.25) is 5.91 Å². The molecular formula is C16H30N2OS. The lowest BCUT2D eigenvalue weighted by Gasteiger charge is -2.37. The van der Waals surface area contributed by atoms with Gasteiger partial charge in [-0.05, 0) is 50.8 Å². The van der Waals surface area contributed by atoms with Crippen LogP contribution in [0.5, 0.6) is 0 Å². The summed E-state index contributed by atoms with van der Waals surface area (Å²) in [4.78, 5) is 12.8. The van der Waals surface area contributed by atoms with Gasteiger partial charge in [0.15, 0.2) is 0 Å². The Kier molecular flexibility index (Phi) is 6.21. The zero-order valence-electron chi connectivity index (χ0n) is 13.0. The second kappa shape index (κ2) is 7.69. The molecule has 0 aromatic rings. The van der Waals surface area contributed by atoms with Gasteiger partial charge in [0.1, 0.15) is 0 Å². The van der Waals surface area contributed by atoms with E-state index in [4.69, 9.17) is 0 Å². The molecule has 2 aliphatic rings. The molecule has 0 radical (unpaired) electrons. The average Bonchev–Trinajstić information content (AvgIpc) is 2.88. The summed E-state index contributed by atoms with van der Waals surface area (Å²) in [6.45, 7) is 6.34. The number of hydrogen-bond donors (Lipinski definition) is 2. The molecule has 0 bridgehead atoms. The van der Waals surface area contributed by atoms with Crippen LogP contribution in [0.3, 0.4) is 0 Å². The van der Waals surface area contributed by atoms with Gasteiger partial charge in [0.05, 0.1) is 5.41 Å². The Morgan fingerprint density at radius 3 is 2.90 bits per heavy atom. The van der Waals surface area contributed by atoms with E-state index in [1.807, 2.05) is 0 Å². The predicted octanol–water partition coefficient (Wildman–Crippen LogP) is 2.95. The molecule has 3 unspecified atom stereocenters. The van der Waals surface area contributed by atoms with Gasteiger partial charge in [-0.2, -0.15) is 11.8 Å². The fourth-order valence-electron chi connectivity index (χ4n) is 3.76. The van der Waals surface area contributed by atoms with E-state index in [1.54, 1.807) is 0 Å². The van der Waals surface area contributed by atoms with Crippen molar-refractivity contribution in [3.63, 3.8) is 0 Å². The lowest BCUT2D eigenvalue weighted by Crippen LogP contribution is -2.52. The van der Waals surface area contributed by atoms with Gasteiger partial charge >= 0.3 is 0 Å². The Morgan fingerprint density at radius 2 is 2.25 bits per heavy atom. The largest absolute Gasteiger partial charge is 0.353 e. The average molecular weight is 298 g/mol. The molecule has 0 spiro atoms. The number of nitrogens with one attached hydrogen (secondary N) is 2. The first-order valence-corrected chi connectivity index (χ1v) is 9.38. The van der Waals surface area contributed by atoms with E-state index in [2.05, 4.69) is 36.2 Å². The van der Waals surface area contributed by atoms with Gasteiger partial charge in [-0.3, -0.25) is 4.79 Å². The number of carbonyl (C=O) groups is 1. The third-order valence-corrected chi connectivity index (χ3v) is 6.04. The Labute approximate surface area is 128 Å². The second-order valence-corrected chi connectivity index (χ2v) is 7.95. The van der Waals surface area contributed by atoms with Crippen LogP contribution in [0.1, 0.15) is 58.8 Å². The molecule has 116 valence electrons. The SMILES string of the molecule is CCCC1(C(=O)NC2CCC(SCC)C2)CCCNC1. The minimum absolute atomic E-state index is 0.136. The molecule has 1 aliphatic heterocycles. The van der Waals surface area contributed by atoms with Crippen molar-refractivity contribution in [2.45, 2.75) is 70.1 Å². The van der Waals surface area contributed by atoms with Crippen molar-refractivity contribution in [1.29, 1.82) is 0 Å². The van der Waals surface area contributed by atoms with Crippen LogP contribution in [0, 0.1) is 5.41 Å². The topological polar surface area (TPSA) is 41.1 Å². The summed E-state index contributed by atoms with van der Waals surface area (Å²) in [5, 5.41) is 7.56. The molecule has 1 heterocycles. The monoisotopic (exact) mass is 298 g/mol. The minimum atomic E-state index is -0.136. The summed E-state index contributed by atoms with van der Waals surface area (Å²) in [7, 11) is 0. The van der Waals surface area contributed by atoms with Gasteiger partial charge < -0.3 is 10.6 Å². The van der Waals surface area contributed by atoms with Crippen molar-refractivity contribution in [1.82, 2.24) is 10.6 Å². The maximum absolute atomic E-state index is 12.8. The molecule has 2 rings (SSSR count). The molecule has 3 nitrogen and oxygen atoms in total. The Hall–Kier alpha value is -0.220. The van der Waals surface area contributed by atoms with E-state index >= 15 is 0 Å². The number of carbonyl (C=O) groups excluding carboxylic acids is 1. The van der Waals surface area contributed by atoms with Crippen molar-refractivity contribution in [2.75, 3.05) is 18.8 Å². The van der Waals surface area contributed by atoms with E-state index in [1.165, 1.54) is 25.0 Å². The number of piperidine rings is 1. The van der Waals surface area contributed by atoms with E-state index in [0.29, 0.717) is 11.9 Å². The van der Waals surface area contributed by atoms with Gasteiger partial charge in [-0.15, -0.1) is 0 Å². The van der Waals surface area contributed by atoms with Gasteiger partial charge in [-0.1, -0.05) is 20.3 Å². The van der Waals surface area contributed by atoms with Crippen molar-refractivity contribution in [3.05, 3.63) is 0 Å². The lowest BCUT2D eigenvalue weighted by molar-refractivity contribution is -0.133. The van der Waals surface area contributed by atoms with Crippen LogP contribution >= 0.6 is 11.8 Å². The molecular weight excluding hydrogens is 268 g/mol. The maximum Gasteiger partial charge on any atom is 0.227 e. The maximum atomic E-state index is 12.8. The highest BCUT2D eigenvalue weighted by atomic mass is 32.2. The van der Waals surface area contributed by atoms with E-state index in [-0.39, 0.29) is 5.41 Å². The molecule has 20 heavy (non-hydrogen) atoms. The summed E-state index contributed by atoms with van der Waals surface area (Å²) in [6, 6.07) is 0.419. The third-order valence-electron chi connectivity index (χ3n) is 4.80. The summed E-state index contributed by atoms with van der Waals surface area (Å²) in [5.74, 6) is 1.51. The quantitative estimate of drug-likeness (QED) is 0.792. The highest BCUT2D eigenvalue weighted by molar-refractivity contribution is 7.99. The number of rotatable bonds is 6. The Morgan fingerprint density at radius 1 is 1.40 bits per heavy atom. The summed E-state index contributed by atoms with van der Waals surface area (Å²) in [5.41, 5.74) is -0.136. The Balaban J connectivity index is 1.89. The first-order chi connectivity index (χ1) is 9.70. The zero-order valence-corrected chi connectivity index (χ0v) is 13.9. The van der Waals surface area contributed by atoms with Gasteiger partial charge in [0, 0.05) is 17.8 Å². The predicted molar refractivity (Wildman–Crippen MR) is 87.1 cm³/mol. The summed E-state index contributed by atoms with van der Waals surface area (Å²) in [6.07, 6.45) is 7.90. The van der Waals surface area contributed by atoms with Gasteiger partial charge in [0.25, 0.3) is 0 Å². The molecule has 2 N–H and O–H groups in total. The number of thioether (sulfide) groups is 1. The fraction of sp³-hybridized carbons (Fsp3) is 0.938. The molecule has 4 heteroatoms. The van der Waals surface area contributed by atoms with E-state index in [0.717, 1.165) is 44.0 Å². The van der Waals surface area contributed by atoms with Crippen LogP contribution in [0.25, 0.3) is 0 Å². The normalized spacial score (nSPS) is 34.1. The first kappa shape index (κ1) is 16.2. The number of amides is 1. The molecule has 1 saturated heterocycles. The van der Waals surface area contributed by atoms with Crippen molar-refractivity contribution >= 4 is 17.7 Å². The summed E-state index contributed by atoms with van der Waals surface area (Å²) >= 11 is 2.05. The minimum Gasteiger partial charge on any atom is -0.353 e. The molecule has 3 atom stereocenters. The fourth-order valence-corrected chi connectivity index (χ4v) is 4.91. The molecule has 1 amide bonds. The summed E-state index contributed by atoms with van der Waals surface area (Å²) < 4.78 is 0. The molecule has 1 aliphatic carbocycles. The van der Waals surface area contributed by atoms with Gasteiger partial charge in [-0.25, -0.2) is 0 Å². The van der Waals surface area contributed by atoms with Crippen LogP contribution in [-0.4, -0.2) is 36.0 Å². The Bertz CT molecular complexity index is 310. The standard InChI is InChI=1S/C16H30N2OS/c1-3-8-16(9-5-10-17-12-16)15(19)18-13-6-7-14(11-13)20-4-2/h13-14,17H,3-12H2,1-2H3,(H,18,19). The molecule has 1 saturated carbocycles. The van der Waals surface area contributed by atoms with Crippen LogP contribution in [0.15, 0.2) is 0 Å². The highest BCUT2D eigenvalue weighted by Gasteiger charge is 2.40. The van der Waals surface area contributed by atoms with Crippen molar-refractivity contribution in [2.24, 2.45) is 5.41 Å². The van der Waals surface area contributed by atoms with E-state index < -0.39 is 0 Å². The van der Waals surface area contributed by atoms with Crippen molar-refractivity contribution < 1.29 is 4.79 Å². The third kappa shape index (κ3) is 3.91. The highest BCUT2D eigenvalue weighted by Crippen LogP contribution is 2.34. The molecule has 0 aromatic carbocycles. The smallest absolute Gasteiger partial charge is 0.227 e. The lowest BCUT2D eigenvalue weighted by atomic mass is 9.76. The molecule has 0 aromatic heterocycles. The molecule has 2 fully saturated rings. The van der Waals surface area contributed by atoms with Crippen LogP contribution in [0.4, 0.5) is 0 Å². The van der Waals surface area contributed by atoms with Crippen LogP contribution in [0.2, 0.25) is 0 Å². The zero-order chi connectivity index (χ0) is 14.4.